The molecule has 1 aromatic carbocycles. The Morgan fingerprint density at radius 2 is 2.19 bits per heavy atom. The zero-order valence-electron chi connectivity index (χ0n) is 12.6. The highest BCUT2D eigenvalue weighted by molar-refractivity contribution is 5.83. The van der Waals surface area contributed by atoms with E-state index in [1.807, 2.05) is 25.3 Å². The number of para-hydroxylation sites is 1. The summed E-state index contributed by atoms with van der Waals surface area (Å²) in [6.45, 7) is 2.38. The molecule has 1 unspecified atom stereocenters. The zero-order chi connectivity index (χ0) is 15.1. The Labute approximate surface area is 125 Å². The Hall–Kier alpha value is -1.81. The number of aromatic nitrogens is 1. The minimum atomic E-state index is -0.424. The number of fused-ring (bicyclic) bond motifs is 1. The van der Waals surface area contributed by atoms with E-state index < -0.39 is 6.10 Å². The third-order valence-electron chi connectivity index (χ3n) is 3.68. The van der Waals surface area contributed by atoms with E-state index in [1.165, 1.54) is 10.9 Å². The second-order valence-electron chi connectivity index (χ2n) is 5.46. The standard InChI is InChI=1S/C17H24N2O2/c1-2-6-14(20)12-19-17(21)10-5-7-13-11-18-16-9-4-3-8-15(13)16/h3-4,8-9,11,14,18,20H,2,5-7,10,12H2,1H3,(H,19,21). The Balaban J connectivity index is 1.73. The fourth-order valence-electron chi connectivity index (χ4n) is 2.53. The summed E-state index contributed by atoms with van der Waals surface area (Å²) in [6, 6.07) is 8.20. The van der Waals surface area contributed by atoms with Crippen LogP contribution in [0.5, 0.6) is 0 Å². The third-order valence-corrected chi connectivity index (χ3v) is 3.68. The molecule has 114 valence electrons. The van der Waals surface area contributed by atoms with Crippen LogP contribution in [0.2, 0.25) is 0 Å². The van der Waals surface area contributed by atoms with Crippen LogP contribution in [0.4, 0.5) is 0 Å². The zero-order valence-corrected chi connectivity index (χ0v) is 12.6. The van der Waals surface area contributed by atoms with Gasteiger partial charge in [0.2, 0.25) is 5.91 Å². The van der Waals surface area contributed by atoms with Gasteiger partial charge in [-0.1, -0.05) is 31.5 Å². The van der Waals surface area contributed by atoms with Crippen LogP contribution in [0.3, 0.4) is 0 Å². The molecule has 1 heterocycles. The number of H-pyrrole nitrogens is 1. The highest BCUT2D eigenvalue weighted by Crippen LogP contribution is 2.19. The Kier molecular flexibility index (Phi) is 5.81. The van der Waals surface area contributed by atoms with Gasteiger partial charge in [-0.15, -0.1) is 0 Å². The van der Waals surface area contributed by atoms with Crippen molar-refractivity contribution in [2.45, 2.75) is 45.1 Å². The lowest BCUT2D eigenvalue weighted by Crippen LogP contribution is -2.31. The number of aliphatic hydroxyl groups is 1. The van der Waals surface area contributed by atoms with Gasteiger partial charge in [0, 0.05) is 30.1 Å². The molecular formula is C17H24N2O2. The van der Waals surface area contributed by atoms with Crippen molar-refractivity contribution in [3.8, 4) is 0 Å². The maximum Gasteiger partial charge on any atom is 0.220 e. The van der Waals surface area contributed by atoms with E-state index >= 15 is 0 Å². The second kappa shape index (κ2) is 7.84. The number of aliphatic hydroxyl groups excluding tert-OH is 1. The van der Waals surface area contributed by atoms with Gasteiger partial charge in [-0.3, -0.25) is 4.79 Å². The van der Waals surface area contributed by atoms with E-state index in [4.69, 9.17) is 0 Å². The van der Waals surface area contributed by atoms with E-state index in [9.17, 15) is 9.90 Å². The average Bonchev–Trinajstić information content (AvgIpc) is 2.89. The summed E-state index contributed by atoms with van der Waals surface area (Å²) in [5, 5.41) is 13.6. The SMILES string of the molecule is CCCC(O)CNC(=O)CCCc1c[nH]c2ccccc12. The van der Waals surface area contributed by atoms with Crippen molar-refractivity contribution in [2.75, 3.05) is 6.54 Å². The van der Waals surface area contributed by atoms with Crippen molar-refractivity contribution in [3.63, 3.8) is 0 Å². The molecule has 0 radical (unpaired) electrons. The number of aryl methyl sites for hydroxylation is 1. The van der Waals surface area contributed by atoms with Crippen LogP contribution in [0, 0.1) is 0 Å². The van der Waals surface area contributed by atoms with Crippen LogP contribution < -0.4 is 5.32 Å². The maximum atomic E-state index is 11.7. The van der Waals surface area contributed by atoms with Gasteiger partial charge >= 0.3 is 0 Å². The summed E-state index contributed by atoms with van der Waals surface area (Å²) in [5.74, 6) is 0.0185. The number of amides is 1. The lowest BCUT2D eigenvalue weighted by atomic mass is 10.1. The molecule has 0 saturated heterocycles. The smallest absolute Gasteiger partial charge is 0.220 e. The molecule has 3 N–H and O–H groups in total. The molecule has 0 fully saturated rings. The maximum absolute atomic E-state index is 11.7. The van der Waals surface area contributed by atoms with Gasteiger partial charge in [-0.25, -0.2) is 0 Å². The van der Waals surface area contributed by atoms with Crippen LogP contribution in [0.1, 0.15) is 38.2 Å². The molecule has 4 heteroatoms. The number of carbonyl (C=O) groups excluding carboxylic acids is 1. The highest BCUT2D eigenvalue weighted by Gasteiger charge is 2.07. The first kappa shape index (κ1) is 15.6. The van der Waals surface area contributed by atoms with Crippen LogP contribution >= 0.6 is 0 Å². The molecule has 0 saturated carbocycles. The number of hydrogen-bond acceptors (Lipinski definition) is 2. The summed E-state index contributed by atoms with van der Waals surface area (Å²) >= 11 is 0. The average molecular weight is 288 g/mol. The first-order chi connectivity index (χ1) is 10.2. The molecule has 2 aromatic rings. The number of benzene rings is 1. The predicted molar refractivity (Wildman–Crippen MR) is 85.2 cm³/mol. The van der Waals surface area contributed by atoms with Gasteiger partial charge in [0.1, 0.15) is 0 Å². The van der Waals surface area contributed by atoms with E-state index in [-0.39, 0.29) is 5.91 Å². The summed E-state index contributed by atoms with van der Waals surface area (Å²) in [7, 11) is 0. The van der Waals surface area contributed by atoms with Gasteiger partial charge in [0.15, 0.2) is 0 Å². The Bertz CT molecular complexity index is 577. The van der Waals surface area contributed by atoms with E-state index in [0.29, 0.717) is 13.0 Å². The van der Waals surface area contributed by atoms with Gasteiger partial charge in [-0.2, -0.15) is 0 Å². The number of nitrogens with one attached hydrogen (secondary N) is 2. The van der Waals surface area contributed by atoms with Crippen LogP contribution in [0.15, 0.2) is 30.5 Å². The molecule has 4 nitrogen and oxygen atoms in total. The number of hydrogen-bond donors (Lipinski definition) is 3. The normalized spacial score (nSPS) is 12.5. The molecule has 0 bridgehead atoms. The van der Waals surface area contributed by atoms with Gasteiger partial charge in [0.25, 0.3) is 0 Å². The monoisotopic (exact) mass is 288 g/mol. The molecule has 0 aliphatic carbocycles. The largest absolute Gasteiger partial charge is 0.391 e. The Morgan fingerprint density at radius 3 is 3.00 bits per heavy atom. The van der Waals surface area contributed by atoms with Crippen molar-refractivity contribution in [3.05, 3.63) is 36.0 Å². The van der Waals surface area contributed by atoms with Crippen molar-refractivity contribution < 1.29 is 9.90 Å². The molecule has 0 aliphatic heterocycles. The summed E-state index contributed by atoms with van der Waals surface area (Å²) in [5.41, 5.74) is 2.39. The van der Waals surface area contributed by atoms with E-state index in [2.05, 4.69) is 22.4 Å². The quantitative estimate of drug-likeness (QED) is 0.699. The van der Waals surface area contributed by atoms with Crippen molar-refractivity contribution in [1.29, 1.82) is 0 Å². The van der Waals surface area contributed by atoms with Gasteiger partial charge < -0.3 is 15.4 Å². The minimum Gasteiger partial charge on any atom is -0.391 e. The molecular weight excluding hydrogens is 264 g/mol. The van der Waals surface area contributed by atoms with E-state index in [0.717, 1.165) is 31.2 Å². The van der Waals surface area contributed by atoms with E-state index in [1.54, 1.807) is 0 Å². The predicted octanol–water partition coefficient (Wildman–Crippen LogP) is 2.77. The van der Waals surface area contributed by atoms with Gasteiger partial charge in [-0.05, 0) is 30.9 Å². The highest BCUT2D eigenvalue weighted by atomic mass is 16.3. The number of aromatic amines is 1. The topological polar surface area (TPSA) is 65.1 Å². The summed E-state index contributed by atoms with van der Waals surface area (Å²) < 4.78 is 0. The van der Waals surface area contributed by atoms with Crippen molar-refractivity contribution >= 4 is 16.8 Å². The molecule has 1 aromatic heterocycles. The molecule has 1 amide bonds. The Morgan fingerprint density at radius 1 is 1.38 bits per heavy atom. The first-order valence-corrected chi connectivity index (χ1v) is 7.70. The molecule has 1 atom stereocenters. The van der Waals surface area contributed by atoms with Crippen molar-refractivity contribution in [2.24, 2.45) is 0 Å². The lowest BCUT2D eigenvalue weighted by Gasteiger charge is -2.10. The summed E-state index contributed by atoms with van der Waals surface area (Å²) in [4.78, 5) is 15.0. The first-order valence-electron chi connectivity index (χ1n) is 7.70. The second-order valence-corrected chi connectivity index (χ2v) is 5.46. The fourth-order valence-corrected chi connectivity index (χ4v) is 2.53. The molecule has 21 heavy (non-hydrogen) atoms. The summed E-state index contributed by atoms with van der Waals surface area (Å²) in [6.07, 6.45) is 5.46. The van der Waals surface area contributed by atoms with Crippen molar-refractivity contribution in [1.82, 2.24) is 10.3 Å². The molecule has 0 aliphatic rings. The fraction of sp³-hybridized carbons (Fsp3) is 0.471. The van der Waals surface area contributed by atoms with Crippen LogP contribution in [-0.2, 0) is 11.2 Å². The van der Waals surface area contributed by atoms with Crippen LogP contribution in [0.25, 0.3) is 10.9 Å². The third kappa shape index (κ3) is 4.60. The van der Waals surface area contributed by atoms with Gasteiger partial charge in [0.05, 0.1) is 6.10 Å². The minimum absolute atomic E-state index is 0.0185. The molecule has 2 rings (SSSR count). The van der Waals surface area contributed by atoms with Crippen LogP contribution in [-0.4, -0.2) is 28.6 Å². The lowest BCUT2D eigenvalue weighted by molar-refractivity contribution is -0.121. The number of rotatable bonds is 8. The number of carbonyl (C=O) groups is 1. The molecule has 0 spiro atoms.